The maximum Gasteiger partial charge on any atom is 0.277 e. The zero-order valence-corrected chi connectivity index (χ0v) is 20.4. The quantitative estimate of drug-likeness (QED) is 0.473. The minimum Gasteiger partial charge on any atom is -0.497 e. The van der Waals surface area contributed by atoms with Gasteiger partial charge in [-0.1, -0.05) is 17.3 Å². The molecule has 1 saturated carbocycles. The van der Waals surface area contributed by atoms with Crippen LogP contribution in [-0.4, -0.2) is 60.5 Å². The number of morpholine rings is 1. The average molecular weight is 488 g/mol. The second-order valence-corrected chi connectivity index (χ2v) is 9.56. The van der Waals surface area contributed by atoms with Crippen LogP contribution in [-0.2, 0) is 23.2 Å². The molecule has 2 fully saturated rings. The summed E-state index contributed by atoms with van der Waals surface area (Å²) in [6.07, 6.45) is 2.93. The molecule has 1 amide bonds. The van der Waals surface area contributed by atoms with Crippen molar-refractivity contribution in [3.63, 3.8) is 0 Å². The van der Waals surface area contributed by atoms with Crippen molar-refractivity contribution in [2.45, 2.75) is 31.3 Å². The topological polar surface area (TPSA) is 89.3 Å². The fraction of sp³-hybridized carbons (Fsp3) is 0.407. The van der Waals surface area contributed by atoms with E-state index in [9.17, 15) is 9.70 Å². The smallest absolute Gasteiger partial charge is 0.277 e. The Morgan fingerprint density at radius 2 is 1.69 bits per heavy atom. The van der Waals surface area contributed by atoms with Crippen LogP contribution in [0, 0.1) is 4.91 Å². The lowest BCUT2D eigenvalue weighted by atomic mass is 10.00. The lowest BCUT2D eigenvalue weighted by Crippen LogP contribution is -2.43. The molecular weight excluding hydrogens is 458 g/mol. The summed E-state index contributed by atoms with van der Waals surface area (Å²) in [5.74, 6) is 0.590. The van der Waals surface area contributed by atoms with Crippen molar-refractivity contribution in [2.75, 3.05) is 44.9 Å². The fourth-order valence-corrected chi connectivity index (χ4v) is 5.62. The molecule has 3 heterocycles. The van der Waals surface area contributed by atoms with Crippen LogP contribution in [0.25, 0.3) is 5.69 Å². The van der Waals surface area contributed by atoms with Gasteiger partial charge >= 0.3 is 0 Å². The van der Waals surface area contributed by atoms with Gasteiger partial charge in [0.25, 0.3) is 5.91 Å². The van der Waals surface area contributed by atoms with Crippen molar-refractivity contribution in [1.29, 1.82) is 0 Å². The molecule has 0 unspecified atom stereocenters. The number of nitroso groups, excluding NO2 is 1. The van der Waals surface area contributed by atoms with E-state index in [0.29, 0.717) is 30.1 Å². The van der Waals surface area contributed by atoms with Gasteiger partial charge in [0.2, 0.25) is 0 Å². The summed E-state index contributed by atoms with van der Waals surface area (Å²) in [7, 11) is 1.61. The van der Waals surface area contributed by atoms with Crippen LogP contribution in [0.4, 0.5) is 5.69 Å². The van der Waals surface area contributed by atoms with Gasteiger partial charge in [-0.25, -0.2) is 4.68 Å². The molecule has 0 radical (unpaired) electrons. The molecule has 1 saturated heterocycles. The maximum absolute atomic E-state index is 13.8. The third-order valence-corrected chi connectivity index (χ3v) is 7.69. The Bertz CT molecular complexity index is 1270. The number of methoxy groups -OCH3 is 1. The summed E-state index contributed by atoms with van der Waals surface area (Å²) in [4.78, 5) is 29.2. The molecule has 9 nitrogen and oxygen atoms in total. The fourth-order valence-electron chi connectivity index (χ4n) is 5.62. The third-order valence-electron chi connectivity index (χ3n) is 7.69. The number of rotatable bonds is 7. The van der Waals surface area contributed by atoms with E-state index in [2.05, 4.69) is 39.4 Å². The second kappa shape index (κ2) is 9.15. The van der Waals surface area contributed by atoms with Crippen LogP contribution < -0.4 is 9.64 Å². The number of ether oxygens (including phenoxy) is 2. The molecule has 1 aliphatic carbocycles. The van der Waals surface area contributed by atoms with Gasteiger partial charge in [-0.15, -0.1) is 0 Å². The summed E-state index contributed by atoms with van der Waals surface area (Å²) in [5.41, 5.74) is 4.86. The van der Waals surface area contributed by atoms with E-state index in [1.165, 1.54) is 5.56 Å². The third kappa shape index (κ3) is 3.79. The van der Waals surface area contributed by atoms with Crippen LogP contribution in [0.15, 0.2) is 53.7 Å². The van der Waals surface area contributed by atoms with Gasteiger partial charge in [-0.05, 0) is 61.2 Å². The minimum atomic E-state index is -0.126. The molecule has 3 aliphatic rings. The van der Waals surface area contributed by atoms with Crippen molar-refractivity contribution in [2.24, 2.45) is 5.18 Å². The highest BCUT2D eigenvalue weighted by atomic mass is 16.5. The zero-order chi connectivity index (χ0) is 24.7. The predicted molar refractivity (Wildman–Crippen MR) is 135 cm³/mol. The predicted octanol–water partition coefficient (Wildman–Crippen LogP) is 3.67. The highest BCUT2D eigenvalue weighted by Crippen LogP contribution is 2.51. The summed E-state index contributed by atoms with van der Waals surface area (Å²) in [6.45, 7) is 3.96. The van der Waals surface area contributed by atoms with Crippen LogP contribution in [0.3, 0.4) is 0 Å². The molecule has 1 aromatic heterocycles. The van der Waals surface area contributed by atoms with Crippen molar-refractivity contribution in [3.05, 3.63) is 76.0 Å². The first-order valence-corrected chi connectivity index (χ1v) is 12.4. The van der Waals surface area contributed by atoms with E-state index in [0.717, 1.165) is 56.1 Å². The van der Waals surface area contributed by atoms with Crippen LogP contribution in [0.2, 0.25) is 0 Å². The number of aromatic nitrogens is 2. The molecule has 9 heteroatoms. The number of carbonyl (C=O) groups excluding carboxylic acids is 1. The Labute approximate surface area is 209 Å². The van der Waals surface area contributed by atoms with E-state index in [-0.39, 0.29) is 18.0 Å². The standard InChI is InChI=1S/C27H29N5O4/c1-35-22-8-6-21(7-9-22)32-25-23(24(29-32)18-28-34)10-13-31(26(25)33)20-4-2-19(3-5-20)27(11-12-27)30-14-16-36-17-15-30/h2-9H,10-18H2,1H3. The van der Waals surface area contributed by atoms with E-state index >= 15 is 0 Å². The van der Waals surface area contributed by atoms with Gasteiger partial charge in [0, 0.05) is 36.4 Å². The molecule has 6 rings (SSSR count). The van der Waals surface area contributed by atoms with Gasteiger partial charge in [-0.2, -0.15) is 10.0 Å². The number of hydrogen-bond acceptors (Lipinski definition) is 7. The highest BCUT2D eigenvalue weighted by Gasteiger charge is 2.49. The van der Waals surface area contributed by atoms with Gasteiger partial charge < -0.3 is 14.4 Å². The number of anilines is 1. The molecule has 36 heavy (non-hydrogen) atoms. The number of nitrogens with zero attached hydrogens (tertiary/aromatic N) is 5. The Morgan fingerprint density at radius 3 is 2.33 bits per heavy atom. The Morgan fingerprint density at radius 1 is 1.00 bits per heavy atom. The first kappa shape index (κ1) is 22.9. The van der Waals surface area contributed by atoms with Crippen LogP contribution in [0.5, 0.6) is 5.75 Å². The maximum atomic E-state index is 13.8. The van der Waals surface area contributed by atoms with Crippen LogP contribution >= 0.6 is 0 Å². The Kier molecular flexibility index (Phi) is 5.81. The van der Waals surface area contributed by atoms with E-state index in [1.54, 1.807) is 16.7 Å². The molecule has 3 aromatic rings. The highest BCUT2D eigenvalue weighted by molar-refractivity contribution is 6.07. The summed E-state index contributed by atoms with van der Waals surface area (Å²) < 4.78 is 12.4. The normalized spacial score (nSPS) is 19.1. The van der Waals surface area contributed by atoms with Crippen molar-refractivity contribution < 1.29 is 14.3 Å². The van der Waals surface area contributed by atoms with E-state index in [1.807, 2.05) is 24.3 Å². The molecular formula is C27H29N5O4. The summed E-state index contributed by atoms with van der Waals surface area (Å²) >= 11 is 0. The first-order valence-electron chi connectivity index (χ1n) is 12.4. The molecule has 0 atom stereocenters. The average Bonchev–Trinajstić information content (AvgIpc) is 3.66. The van der Waals surface area contributed by atoms with Gasteiger partial charge in [0.1, 0.15) is 18.0 Å². The number of carbonyl (C=O) groups is 1. The van der Waals surface area contributed by atoms with E-state index in [4.69, 9.17) is 9.47 Å². The van der Waals surface area contributed by atoms with Crippen molar-refractivity contribution in [3.8, 4) is 11.4 Å². The second-order valence-electron chi connectivity index (χ2n) is 9.56. The molecule has 186 valence electrons. The Hall–Kier alpha value is -3.56. The van der Waals surface area contributed by atoms with Crippen molar-refractivity contribution >= 4 is 11.6 Å². The van der Waals surface area contributed by atoms with E-state index < -0.39 is 0 Å². The summed E-state index contributed by atoms with van der Waals surface area (Å²) in [6, 6.07) is 15.8. The zero-order valence-electron chi connectivity index (χ0n) is 20.4. The van der Waals surface area contributed by atoms with Gasteiger partial charge in [0.05, 0.1) is 31.7 Å². The lowest BCUT2D eigenvalue weighted by molar-refractivity contribution is 0.00835. The number of amides is 1. The Balaban J connectivity index is 1.30. The minimum absolute atomic E-state index is 0.0584. The monoisotopic (exact) mass is 487 g/mol. The first-order chi connectivity index (χ1) is 17.6. The number of fused-ring (bicyclic) bond motifs is 1. The number of hydrogen-bond donors (Lipinski definition) is 0. The molecule has 0 spiro atoms. The number of benzene rings is 2. The van der Waals surface area contributed by atoms with Gasteiger partial charge in [0.15, 0.2) is 0 Å². The van der Waals surface area contributed by atoms with Gasteiger partial charge in [-0.3, -0.25) is 9.69 Å². The summed E-state index contributed by atoms with van der Waals surface area (Å²) in [5, 5.41) is 7.66. The molecule has 2 aliphatic heterocycles. The molecule has 0 bridgehead atoms. The molecule has 0 N–H and O–H groups in total. The molecule has 2 aromatic carbocycles. The van der Waals surface area contributed by atoms with Crippen molar-refractivity contribution in [1.82, 2.24) is 14.7 Å². The SMILES string of the molecule is COc1ccc(-n2nc(CN=O)c3c2C(=O)N(c2ccc(C4(N5CCOCC5)CC4)cc2)CC3)cc1. The lowest BCUT2D eigenvalue weighted by Gasteiger charge is -2.35. The van der Waals surface area contributed by atoms with Crippen LogP contribution in [0.1, 0.15) is 40.2 Å². The largest absolute Gasteiger partial charge is 0.497 e.